The second-order valence-electron chi connectivity index (χ2n) is 7.40. The van der Waals surface area contributed by atoms with Gasteiger partial charge >= 0.3 is 0 Å². The number of benzene rings is 1. The zero-order valence-corrected chi connectivity index (χ0v) is 13.4. The molecule has 1 N–H and O–H groups in total. The first kappa shape index (κ1) is 14.6. The summed E-state index contributed by atoms with van der Waals surface area (Å²) in [7, 11) is 0. The topological polar surface area (TPSA) is 21.3 Å². The number of ether oxygens (including phenoxy) is 1. The minimum atomic E-state index is -0.138. The fourth-order valence-electron chi connectivity index (χ4n) is 4.72. The van der Waals surface area contributed by atoms with Crippen LogP contribution in [0.2, 0.25) is 0 Å². The van der Waals surface area contributed by atoms with E-state index in [9.17, 15) is 4.39 Å². The molecule has 3 saturated carbocycles. The van der Waals surface area contributed by atoms with Crippen molar-refractivity contribution in [2.75, 3.05) is 6.61 Å². The lowest BCUT2D eigenvalue weighted by Crippen LogP contribution is -2.69. The summed E-state index contributed by atoms with van der Waals surface area (Å²) >= 11 is 0. The highest BCUT2D eigenvalue weighted by atomic mass is 19.1. The first-order chi connectivity index (χ1) is 10.7. The van der Waals surface area contributed by atoms with Crippen molar-refractivity contribution < 1.29 is 9.13 Å². The van der Waals surface area contributed by atoms with Gasteiger partial charge in [-0.15, -0.1) is 0 Å². The molecule has 3 aliphatic carbocycles. The Kier molecular flexibility index (Phi) is 3.74. The van der Waals surface area contributed by atoms with Gasteiger partial charge in [0, 0.05) is 24.1 Å². The van der Waals surface area contributed by atoms with Gasteiger partial charge in [-0.25, -0.2) is 4.39 Å². The van der Waals surface area contributed by atoms with Gasteiger partial charge in [0.2, 0.25) is 0 Å². The molecule has 1 aromatic carbocycles. The molecular weight excluding hydrogens is 277 g/mol. The highest BCUT2D eigenvalue weighted by Gasteiger charge is 2.59. The summed E-state index contributed by atoms with van der Waals surface area (Å²) in [6.07, 6.45) is 8.11. The van der Waals surface area contributed by atoms with E-state index in [4.69, 9.17) is 4.74 Å². The van der Waals surface area contributed by atoms with Gasteiger partial charge in [0.05, 0.1) is 6.10 Å². The second kappa shape index (κ2) is 5.61. The molecule has 1 aromatic rings. The number of rotatable bonds is 5. The SMILES string of the molecule is CCO[C@H]1C[C@@H](NC2CC(c3ccc(F)cc3)C2)C12CCC2. The number of halogens is 1. The van der Waals surface area contributed by atoms with Gasteiger partial charge in [0.15, 0.2) is 0 Å². The lowest BCUT2D eigenvalue weighted by molar-refractivity contribution is -0.176. The highest BCUT2D eigenvalue weighted by molar-refractivity contribution is 5.24. The van der Waals surface area contributed by atoms with Crippen LogP contribution in [0.3, 0.4) is 0 Å². The molecule has 0 radical (unpaired) electrons. The molecule has 0 aliphatic heterocycles. The molecule has 3 heteroatoms. The first-order valence-electron chi connectivity index (χ1n) is 8.84. The minimum absolute atomic E-state index is 0.138. The molecule has 3 aliphatic rings. The zero-order chi connectivity index (χ0) is 15.2. The fourth-order valence-corrected chi connectivity index (χ4v) is 4.72. The maximum Gasteiger partial charge on any atom is 0.123 e. The van der Waals surface area contributed by atoms with Crippen molar-refractivity contribution >= 4 is 0 Å². The van der Waals surface area contributed by atoms with Crippen molar-refractivity contribution in [2.45, 2.75) is 69.6 Å². The van der Waals surface area contributed by atoms with Gasteiger partial charge in [0.1, 0.15) is 5.82 Å². The average molecular weight is 303 g/mol. The van der Waals surface area contributed by atoms with Gasteiger partial charge in [-0.1, -0.05) is 18.6 Å². The lowest BCUT2D eigenvalue weighted by atomic mass is 9.50. The third-order valence-electron chi connectivity index (χ3n) is 6.35. The molecule has 0 unspecified atom stereocenters. The van der Waals surface area contributed by atoms with Crippen LogP contribution in [0.15, 0.2) is 24.3 Å². The van der Waals surface area contributed by atoms with Crippen LogP contribution in [0, 0.1) is 11.2 Å². The van der Waals surface area contributed by atoms with E-state index in [0.29, 0.717) is 29.5 Å². The third-order valence-corrected chi connectivity index (χ3v) is 6.35. The van der Waals surface area contributed by atoms with E-state index in [1.165, 1.54) is 44.1 Å². The number of nitrogens with one attached hydrogen (secondary N) is 1. The summed E-state index contributed by atoms with van der Waals surface area (Å²) in [5.41, 5.74) is 1.75. The molecule has 22 heavy (non-hydrogen) atoms. The van der Waals surface area contributed by atoms with Crippen molar-refractivity contribution in [1.29, 1.82) is 0 Å². The first-order valence-corrected chi connectivity index (χ1v) is 8.84. The molecule has 0 amide bonds. The molecule has 120 valence electrons. The van der Waals surface area contributed by atoms with Crippen LogP contribution in [0.25, 0.3) is 0 Å². The number of hydrogen-bond acceptors (Lipinski definition) is 2. The van der Waals surface area contributed by atoms with E-state index in [0.717, 1.165) is 6.61 Å². The van der Waals surface area contributed by atoms with E-state index in [2.05, 4.69) is 12.2 Å². The van der Waals surface area contributed by atoms with Gasteiger partial charge in [-0.05, 0) is 62.6 Å². The molecule has 0 saturated heterocycles. The Hall–Kier alpha value is -0.930. The average Bonchev–Trinajstić information content (AvgIpc) is 2.39. The van der Waals surface area contributed by atoms with E-state index >= 15 is 0 Å². The third kappa shape index (κ3) is 2.30. The molecule has 2 atom stereocenters. The highest BCUT2D eigenvalue weighted by Crippen LogP contribution is 2.57. The molecule has 0 heterocycles. The Morgan fingerprint density at radius 3 is 2.50 bits per heavy atom. The monoisotopic (exact) mass is 303 g/mol. The largest absolute Gasteiger partial charge is 0.378 e. The van der Waals surface area contributed by atoms with Crippen LogP contribution in [-0.4, -0.2) is 24.8 Å². The predicted octanol–water partition coefficient (Wildman–Crippen LogP) is 4.01. The zero-order valence-electron chi connectivity index (χ0n) is 13.4. The van der Waals surface area contributed by atoms with Gasteiger partial charge < -0.3 is 10.1 Å². The van der Waals surface area contributed by atoms with Gasteiger partial charge in [0.25, 0.3) is 0 Å². The van der Waals surface area contributed by atoms with Crippen LogP contribution in [0.5, 0.6) is 0 Å². The standard InChI is InChI=1S/C19H26FNO/c1-2-22-18-12-17(19(18)8-3-9-19)21-16-10-14(11-16)13-4-6-15(20)7-5-13/h4-7,14,16-18,21H,2-3,8-12H2,1H3/t14?,16?,17-,18+/m1/s1. The summed E-state index contributed by atoms with van der Waals surface area (Å²) in [5.74, 6) is 0.472. The summed E-state index contributed by atoms with van der Waals surface area (Å²) in [6.45, 7) is 2.95. The summed E-state index contributed by atoms with van der Waals surface area (Å²) < 4.78 is 18.9. The Morgan fingerprint density at radius 2 is 1.91 bits per heavy atom. The Morgan fingerprint density at radius 1 is 1.18 bits per heavy atom. The molecule has 3 fully saturated rings. The van der Waals surface area contributed by atoms with Crippen molar-refractivity contribution in [3.05, 3.63) is 35.6 Å². The molecule has 2 nitrogen and oxygen atoms in total. The normalized spacial score (nSPS) is 35.5. The van der Waals surface area contributed by atoms with E-state index in [1.54, 1.807) is 12.1 Å². The van der Waals surface area contributed by atoms with Gasteiger partial charge in [-0.3, -0.25) is 0 Å². The van der Waals surface area contributed by atoms with Crippen molar-refractivity contribution in [3.63, 3.8) is 0 Å². The van der Waals surface area contributed by atoms with E-state index in [-0.39, 0.29) is 5.82 Å². The van der Waals surface area contributed by atoms with Crippen LogP contribution in [0.4, 0.5) is 4.39 Å². The maximum atomic E-state index is 13.0. The Balaban J connectivity index is 1.29. The van der Waals surface area contributed by atoms with Crippen molar-refractivity contribution in [2.24, 2.45) is 5.41 Å². The lowest BCUT2D eigenvalue weighted by Gasteiger charge is -2.62. The molecule has 1 spiro atoms. The molecule has 0 aromatic heterocycles. The fraction of sp³-hybridized carbons (Fsp3) is 0.684. The van der Waals surface area contributed by atoms with Crippen LogP contribution < -0.4 is 5.32 Å². The quantitative estimate of drug-likeness (QED) is 0.887. The Bertz CT molecular complexity index is 519. The van der Waals surface area contributed by atoms with Crippen LogP contribution >= 0.6 is 0 Å². The minimum Gasteiger partial charge on any atom is -0.378 e. The summed E-state index contributed by atoms with van der Waals surface area (Å²) in [5, 5.41) is 3.89. The van der Waals surface area contributed by atoms with Crippen molar-refractivity contribution in [1.82, 2.24) is 5.32 Å². The molecule has 4 rings (SSSR count). The Labute approximate surface area is 132 Å². The summed E-state index contributed by atoms with van der Waals surface area (Å²) in [6, 6.07) is 8.35. The van der Waals surface area contributed by atoms with E-state index in [1.807, 2.05) is 12.1 Å². The maximum absolute atomic E-state index is 13.0. The molecular formula is C19H26FNO. The predicted molar refractivity (Wildman–Crippen MR) is 85.4 cm³/mol. The second-order valence-corrected chi connectivity index (χ2v) is 7.40. The van der Waals surface area contributed by atoms with Crippen LogP contribution in [-0.2, 0) is 4.74 Å². The van der Waals surface area contributed by atoms with E-state index < -0.39 is 0 Å². The molecule has 0 bridgehead atoms. The number of hydrogen-bond donors (Lipinski definition) is 1. The van der Waals surface area contributed by atoms with Crippen molar-refractivity contribution in [3.8, 4) is 0 Å². The summed E-state index contributed by atoms with van der Waals surface area (Å²) in [4.78, 5) is 0. The smallest absolute Gasteiger partial charge is 0.123 e. The van der Waals surface area contributed by atoms with Gasteiger partial charge in [-0.2, -0.15) is 0 Å². The van der Waals surface area contributed by atoms with Crippen LogP contribution in [0.1, 0.15) is 56.9 Å².